The van der Waals surface area contributed by atoms with E-state index in [-0.39, 0.29) is 24.3 Å². The van der Waals surface area contributed by atoms with Crippen LogP contribution in [0.5, 0.6) is 5.75 Å². The second kappa shape index (κ2) is 12.9. The Morgan fingerprint density at radius 1 is 1.03 bits per heavy atom. The summed E-state index contributed by atoms with van der Waals surface area (Å²) in [7, 11) is 0. The van der Waals surface area contributed by atoms with Gasteiger partial charge in [-0.2, -0.15) is 0 Å². The summed E-state index contributed by atoms with van der Waals surface area (Å²) in [6, 6.07) is 12.0. The van der Waals surface area contributed by atoms with Crippen LogP contribution in [0.2, 0.25) is 0 Å². The molecule has 1 heterocycles. The minimum Gasteiger partial charge on any atom is -0.490 e. The quantitative estimate of drug-likeness (QED) is 0.463. The van der Waals surface area contributed by atoms with E-state index in [9.17, 15) is 9.59 Å². The normalized spacial score (nSPS) is 14.1. The standard InChI is InChI=1S/C26H38N4O4/c1-18(2)23(17-33-20-12-9-13-28-16-20)29-24(31)15-21(27)22(14-19-10-7-6-8-11-19)30-25(32)34-26(3,4)5/h6-13,16,18,21-23H,14-15,17,27H2,1-5H3,(H,29,31)(H,30,32). The van der Waals surface area contributed by atoms with Gasteiger partial charge < -0.3 is 25.8 Å². The average Bonchev–Trinajstić information content (AvgIpc) is 2.76. The Morgan fingerprint density at radius 3 is 2.32 bits per heavy atom. The van der Waals surface area contributed by atoms with Crippen LogP contribution < -0.4 is 21.1 Å². The third kappa shape index (κ3) is 10.2. The topological polar surface area (TPSA) is 116 Å². The molecule has 0 saturated carbocycles. The van der Waals surface area contributed by atoms with Crippen LogP contribution in [0, 0.1) is 5.92 Å². The van der Waals surface area contributed by atoms with Crippen molar-refractivity contribution in [1.29, 1.82) is 0 Å². The van der Waals surface area contributed by atoms with Gasteiger partial charge in [0.15, 0.2) is 0 Å². The first-order valence-corrected chi connectivity index (χ1v) is 11.6. The molecule has 0 bridgehead atoms. The Balaban J connectivity index is 2.00. The fourth-order valence-electron chi connectivity index (χ4n) is 3.28. The van der Waals surface area contributed by atoms with Gasteiger partial charge in [-0.15, -0.1) is 0 Å². The molecule has 0 spiro atoms. The lowest BCUT2D eigenvalue weighted by Gasteiger charge is -2.28. The number of benzene rings is 1. The maximum Gasteiger partial charge on any atom is 0.407 e. The van der Waals surface area contributed by atoms with E-state index in [1.165, 1.54) is 0 Å². The van der Waals surface area contributed by atoms with Gasteiger partial charge in [-0.05, 0) is 50.8 Å². The number of hydrogen-bond donors (Lipinski definition) is 3. The van der Waals surface area contributed by atoms with Gasteiger partial charge in [0, 0.05) is 18.7 Å². The Hall–Kier alpha value is -3.13. The molecule has 8 heteroatoms. The molecule has 0 fully saturated rings. The van der Waals surface area contributed by atoms with Crippen LogP contribution >= 0.6 is 0 Å². The second-order valence-corrected chi connectivity index (χ2v) is 9.73. The van der Waals surface area contributed by atoms with E-state index in [1.807, 2.05) is 50.2 Å². The third-order valence-corrected chi connectivity index (χ3v) is 5.15. The summed E-state index contributed by atoms with van der Waals surface area (Å²) >= 11 is 0. The van der Waals surface area contributed by atoms with E-state index >= 15 is 0 Å². The molecule has 0 saturated heterocycles. The van der Waals surface area contributed by atoms with Crippen LogP contribution in [0.1, 0.15) is 46.6 Å². The van der Waals surface area contributed by atoms with Crippen molar-refractivity contribution in [2.75, 3.05) is 6.61 Å². The molecule has 0 radical (unpaired) electrons. The van der Waals surface area contributed by atoms with Crippen LogP contribution in [0.25, 0.3) is 0 Å². The van der Waals surface area contributed by atoms with Gasteiger partial charge in [0.25, 0.3) is 0 Å². The Morgan fingerprint density at radius 2 is 1.74 bits per heavy atom. The van der Waals surface area contributed by atoms with Gasteiger partial charge in [0.05, 0.1) is 18.3 Å². The highest BCUT2D eigenvalue weighted by molar-refractivity contribution is 5.77. The highest BCUT2D eigenvalue weighted by Gasteiger charge is 2.27. The summed E-state index contributed by atoms with van der Waals surface area (Å²) in [5, 5.41) is 5.87. The minimum atomic E-state index is -0.637. The van der Waals surface area contributed by atoms with Crippen LogP contribution in [0.15, 0.2) is 54.9 Å². The van der Waals surface area contributed by atoms with Gasteiger partial charge in [-0.25, -0.2) is 4.79 Å². The molecule has 0 aliphatic rings. The highest BCUT2D eigenvalue weighted by atomic mass is 16.6. The summed E-state index contributed by atoms with van der Waals surface area (Å²) < 4.78 is 11.2. The molecule has 2 aromatic rings. The molecule has 1 aromatic heterocycles. The van der Waals surface area contributed by atoms with Crippen molar-refractivity contribution in [3.05, 3.63) is 60.4 Å². The number of carbonyl (C=O) groups is 2. The largest absolute Gasteiger partial charge is 0.490 e. The maximum absolute atomic E-state index is 12.8. The molecule has 2 rings (SSSR count). The van der Waals surface area contributed by atoms with E-state index in [2.05, 4.69) is 15.6 Å². The molecule has 1 aromatic carbocycles. The van der Waals surface area contributed by atoms with E-state index in [0.717, 1.165) is 5.56 Å². The van der Waals surface area contributed by atoms with Crippen molar-refractivity contribution in [3.63, 3.8) is 0 Å². The molecule has 3 unspecified atom stereocenters. The first-order valence-electron chi connectivity index (χ1n) is 11.6. The van der Waals surface area contributed by atoms with Crippen molar-refractivity contribution >= 4 is 12.0 Å². The molecular weight excluding hydrogens is 432 g/mol. The first-order chi connectivity index (χ1) is 16.0. The molecule has 186 valence electrons. The summed E-state index contributed by atoms with van der Waals surface area (Å²) in [4.78, 5) is 29.3. The lowest BCUT2D eigenvalue weighted by atomic mass is 9.97. The number of rotatable bonds is 11. The average molecular weight is 471 g/mol. The monoisotopic (exact) mass is 470 g/mol. The molecule has 8 nitrogen and oxygen atoms in total. The van der Waals surface area contributed by atoms with Crippen LogP contribution in [-0.2, 0) is 16.0 Å². The lowest BCUT2D eigenvalue weighted by molar-refractivity contribution is -0.122. The van der Waals surface area contributed by atoms with E-state index in [1.54, 1.807) is 39.2 Å². The number of aromatic nitrogens is 1. The highest BCUT2D eigenvalue weighted by Crippen LogP contribution is 2.13. The number of ether oxygens (including phenoxy) is 2. The zero-order valence-corrected chi connectivity index (χ0v) is 20.8. The lowest BCUT2D eigenvalue weighted by Crippen LogP contribution is -2.53. The summed E-state index contributed by atoms with van der Waals surface area (Å²) in [5.74, 6) is 0.588. The summed E-state index contributed by atoms with van der Waals surface area (Å²) in [5.41, 5.74) is 6.79. The van der Waals surface area contributed by atoms with Crippen molar-refractivity contribution in [2.45, 2.75) is 71.2 Å². The number of carbonyl (C=O) groups excluding carboxylic acids is 2. The zero-order chi connectivity index (χ0) is 25.1. The molecule has 34 heavy (non-hydrogen) atoms. The Labute approximate surface area is 202 Å². The number of amides is 2. The predicted molar refractivity (Wildman–Crippen MR) is 132 cm³/mol. The molecule has 0 aliphatic heterocycles. The number of pyridine rings is 1. The van der Waals surface area contributed by atoms with Gasteiger partial charge in [0.2, 0.25) is 5.91 Å². The van der Waals surface area contributed by atoms with Crippen molar-refractivity contribution in [1.82, 2.24) is 15.6 Å². The van der Waals surface area contributed by atoms with Crippen LogP contribution in [0.3, 0.4) is 0 Å². The SMILES string of the molecule is CC(C)C(COc1cccnc1)NC(=O)CC(N)C(Cc1ccccc1)NC(=O)OC(C)(C)C. The molecule has 0 aliphatic carbocycles. The number of nitrogens with zero attached hydrogens (tertiary/aromatic N) is 1. The second-order valence-electron chi connectivity index (χ2n) is 9.73. The smallest absolute Gasteiger partial charge is 0.407 e. The van der Waals surface area contributed by atoms with E-state index in [0.29, 0.717) is 18.8 Å². The van der Waals surface area contributed by atoms with Crippen molar-refractivity contribution in [2.24, 2.45) is 11.7 Å². The minimum absolute atomic E-state index is 0.0451. The van der Waals surface area contributed by atoms with E-state index < -0.39 is 23.8 Å². The fourth-order valence-corrected chi connectivity index (χ4v) is 3.28. The van der Waals surface area contributed by atoms with Gasteiger partial charge in [0.1, 0.15) is 18.0 Å². The number of nitrogens with one attached hydrogen (secondary N) is 2. The van der Waals surface area contributed by atoms with Gasteiger partial charge in [-0.1, -0.05) is 44.2 Å². The van der Waals surface area contributed by atoms with E-state index in [4.69, 9.17) is 15.2 Å². The van der Waals surface area contributed by atoms with Gasteiger partial charge in [-0.3, -0.25) is 9.78 Å². The Kier molecular flexibility index (Phi) is 10.3. The van der Waals surface area contributed by atoms with Crippen LogP contribution in [0.4, 0.5) is 4.79 Å². The molecular formula is C26H38N4O4. The Bertz CT molecular complexity index is 885. The summed E-state index contributed by atoms with van der Waals surface area (Å²) in [6.07, 6.45) is 3.27. The molecule has 3 atom stereocenters. The van der Waals surface area contributed by atoms with Gasteiger partial charge >= 0.3 is 6.09 Å². The molecule has 2 amide bonds. The zero-order valence-electron chi connectivity index (χ0n) is 20.8. The first kappa shape index (κ1) is 27.1. The third-order valence-electron chi connectivity index (χ3n) is 5.15. The number of hydrogen-bond acceptors (Lipinski definition) is 6. The maximum atomic E-state index is 12.8. The van der Waals surface area contributed by atoms with Crippen molar-refractivity contribution in [3.8, 4) is 5.75 Å². The predicted octanol–water partition coefficient (Wildman–Crippen LogP) is 3.45. The number of alkyl carbamates (subject to hydrolysis) is 1. The number of nitrogens with two attached hydrogens (primary N) is 1. The molecule has 4 N–H and O–H groups in total. The van der Waals surface area contributed by atoms with Crippen molar-refractivity contribution < 1.29 is 19.1 Å². The van der Waals surface area contributed by atoms with Crippen LogP contribution in [-0.4, -0.2) is 47.3 Å². The fraction of sp³-hybridized carbons (Fsp3) is 0.500. The summed E-state index contributed by atoms with van der Waals surface area (Å²) in [6.45, 7) is 9.73.